The molecule has 25 heavy (non-hydrogen) atoms. The summed E-state index contributed by atoms with van der Waals surface area (Å²) < 4.78 is 13.1. The molecule has 0 aliphatic heterocycles. The standard InChI is InChI=1S/C16H20FN5OS.HI/c1-10-11(2)24-15(21-10)9-20-16(18-3)19-8-14(23)22-13-6-4-5-12(17)7-13;/h4-7H,8-9H2,1-3H3,(H,22,23)(H2,18,19,20);1H. The maximum Gasteiger partial charge on any atom is 0.243 e. The molecule has 136 valence electrons. The average molecular weight is 477 g/mol. The first-order chi connectivity index (χ1) is 11.5. The van der Waals surface area contributed by atoms with E-state index < -0.39 is 5.82 Å². The minimum atomic E-state index is -0.396. The maximum absolute atomic E-state index is 13.1. The Kier molecular flexibility index (Phi) is 8.76. The van der Waals surface area contributed by atoms with Crippen LogP contribution in [0.1, 0.15) is 15.6 Å². The average Bonchev–Trinajstić information content (AvgIpc) is 2.86. The molecule has 1 aromatic carbocycles. The molecule has 0 atom stereocenters. The topological polar surface area (TPSA) is 78.4 Å². The molecule has 6 nitrogen and oxygen atoms in total. The maximum atomic E-state index is 13.1. The number of aromatic nitrogens is 1. The van der Waals surface area contributed by atoms with Gasteiger partial charge in [-0.25, -0.2) is 9.37 Å². The largest absolute Gasteiger partial charge is 0.350 e. The van der Waals surface area contributed by atoms with Gasteiger partial charge in [-0.05, 0) is 32.0 Å². The molecule has 0 bridgehead atoms. The van der Waals surface area contributed by atoms with Crippen LogP contribution in [0.2, 0.25) is 0 Å². The Morgan fingerprint density at radius 3 is 2.68 bits per heavy atom. The lowest BCUT2D eigenvalue weighted by Gasteiger charge is -2.11. The molecule has 0 unspecified atom stereocenters. The first kappa shape index (κ1) is 21.3. The number of benzene rings is 1. The third kappa shape index (κ3) is 6.94. The van der Waals surface area contributed by atoms with Crippen LogP contribution in [0.4, 0.5) is 10.1 Å². The zero-order valence-electron chi connectivity index (χ0n) is 14.2. The predicted octanol–water partition coefficient (Wildman–Crippen LogP) is 2.82. The molecule has 1 amide bonds. The first-order valence-corrected chi connectivity index (χ1v) is 8.22. The fourth-order valence-corrected chi connectivity index (χ4v) is 2.80. The number of nitrogens with zero attached hydrogens (tertiary/aromatic N) is 2. The van der Waals surface area contributed by atoms with Gasteiger partial charge in [-0.15, -0.1) is 35.3 Å². The second-order valence-corrected chi connectivity index (χ2v) is 6.37. The van der Waals surface area contributed by atoms with Crippen molar-refractivity contribution in [1.29, 1.82) is 0 Å². The number of nitrogens with one attached hydrogen (secondary N) is 3. The van der Waals surface area contributed by atoms with Crippen molar-refractivity contribution < 1.29 is 9.18 Å². The molecule has 0 radical (unpaired) electrons. The number of aryl methyl sites for hydroxylation is 2. The van der Waals surface area contributed by atoms with Crippen molar-refractivity contribution >= 4 is 52.9 Å². The lowest BCUT2D eigenvalue weighted by atomic mass is 10.3. The van der Waals surface area contributed by atoms with E-state index in [4.69, 9.17) is 0 Å². The fourth-order valence-electron chi connectivity index (χ4n) is 1.93. The summed E-state index contributed by atoms with van der Waals surface area (Å²) in [5.74, 6) is -0.188. The molecule has 2 aromatic rings. The molecule has 0 saturated carbocycles. The number of aliphatic imine (C=N–C) groups is 1. The fraction of sp³-hybridized carbons (Fsp3) is 0.312. The number of thiazole rings is 1. The van der Waals surface area contributed by atoms with Gasteiger partial charge in [0.1, 0.15) is 10.8 Å². The van der Waals surface area contributed by atoms with Gasteiger partial charge in [0.05, 0.1) is 18.8 Å². The van der Waals surface area contributed by atoms with Crippen molar-refractivity contribution in [3.63, 3.8) is 0 Å². The zero-order chi connectivity index (χ0) is 17.5. The second kappa shape index (κ2) is 10.3. The van der Waals surface area contributed by atoms with Gasteiger partial charge in [0.25, 0.3) is 0 Å². The lowest BCUT2D eigenvalue weighted by molar-refractivity contribution is -0.115. The minimum absolute atomic E-state index is 0. The van der Waals surface area contributed by atoms with E-state index >= 15 is 0 Å². The number of anilines is 1. The monoisotopic (exact) mass is 477 g/mol. The van der Waals surface area contributed by atoms with Crippen molar-refractivity contribution in [3.8, 4) is 0 Å². The molecular formula is C16H21FIN5OS. The number of guanidine groups is 1. The number of amides is 1. The van der Waals surface area contributed by atoms with E-state index in [2.05, 4.69) is 25.9 Å². The van der Waals surface area contributed by atoms with Crippen LogP contribution in [0.15, 0.2) is 29.3 Å². The van der Waals surface area contributed by atoms with Crippen molar-refractivity contribution in [1.82, 2.24) is 15.6 Å². The normalized spacial score (nSPS) is 10.8. The van der Waals surface area contributed by atoms with Gasteiger partial charge in [0.2, 0.25) is 5.91 Å². The molecule has 2 rings (SSSR count). The molecule has 1 heterocycles. The second-order valence-electron chi connectivity index (χ2n) is 5.09. The third-order valence-corrected chi connectivity index (χ3v) is 4.30. The summed E-state index contributed by atoms with van der Waals surface area (Å²) in [5, 5.41) is 9.58. The van der Waals surface area contributed by atoms with Crippen LogP contribution in [0.3, 0.4) is 0 Å². The molecule has 0 fully saturated rings. The summed E-state index contributed by atoms with van der Waals surface area (Å²) in [6.45, 7) is 4.55. The summed E-state index contributed by atoms with van der Waals surface area (Å²) in [6, 6.07) is 5.75. The first-order valence-electron chi connectivity index (χ1n) is 7.40. The molecule has 0 aliphatic rings. The van der Waals surface area contributed by atoms with Crippen molar-refractivity contribution in [2.45, 2.75) is 20.4 Å². The minimum Gasteiger partial charge on any atom is -0.350 e. The van der Waals surface area contributed by atoms with Gasteiger partial charge in [-0.2, -0.15) is 0 Å². The summed E-state index contributed by atoms with van der Waals surface area (Å²) in [5.41, 5.74) is 1.44. The zero-order valence-corrected chi connectivity index (χ0v) is 17.4. The summed E-state index contributed by atoms with van der Waals surface area (Å²) in [6.07, 6.45) is 0. The van der Waals surface area contributed by atoms with E-state index in [9.17, 15) is 9.18 Å². The van der Waals surface area contributed by atoms with Gasteiger partial charge in [-0.1, -0.05) is 6.07 Å². The van der Waals surface area contributed by atoms with Crippen LogP contribution in [-0.2, 0) is 11.3 Å². The molecule has 3 N–H and O–H groups in total. The van der Waals surface area contributed by atoms with Gasteiger partial charge < -0.3 is 16.0 Å². The van der Waals surface area contributed by atoms with Gasteiger partial charge in [0, 0.05) is 17.6 Å². The molecule has 0 saturated heterocycles. The van der Waals surface area contributed by atoms with E-state index in [1.165, 1.54) is 23.1 Å². The number of carbonyl (C=O) groups excluding carboxylic acids is 1. The Morgan fingerprint density at radius 2 is 2.08 bits per heavy atom. The van der Waals surface area contributed by atoms with Crippen LogP contribution in [0, 0.1) is 19.7 Å². The lowest BCUT2D eigenvalue weighted by Crippen LogP contribution is -2.41. The van der Waals surface area contributed by atoms with E-state index in [0.717, 1.165) is 10.7 Å². The number of carbonyl (C=O) groups is 1. The van der Waals surface area contributed by atoms with E-state index in [1.54, 1.807) is 24.5 Å². The van der Waals surface area contributed by atoms with Crippen molar-refractivity contribution in [2.24, 2.45) is 4.99 Å². The highest BCUT2D eigenvalue weighted by Crippen LogP contribution is 2.15. The number of rotatable bonds is 5. The SMILES string of the molecule is CN=C(NCC(=O)Nc1cccc(F)c1)NCc1nc(C)c(C)s1.I. The van der Waals surface area contributed by atoms with Crippen LogP contribution in [-0.4, -0.2) is 30.4 Å². The van der Waals surface area contributed by atoms with Crippen LogP contribution in [0.25, 0.3) is 0 Å². The highest BCUT2D eigenvalue weighted by Gasteiger charge is 2.07. The molecule has 0 spiro atoms. The summed E-state index contributed by atoms with van der Waals surface area (Å²) in [4.78, 5) is 21.6. The van der Waals surface area contributed by atoms with Crippen molar-refractivity contribution in [3.05, 3.63) is 45.7 Å². The Morgan fingerprint density at radius 1 is 1.32 bits per heavy atom. The Hall–Kier alpha value is -1.75. The smallest absolute Gasteiger partial charge is 0.243 e. The number of halogens is 2. The Balaban J connectivity index is 0.00000312. The molecule has 0 aliphatic carbocycles. The summed E-state index contributed by atoms with van der Waals surface area (Å²) in [7, 11) is 1.62. The highest BCUT2D eigenvalue weighted by molar-refractivity contribution is 14.0. The number of hydrogen-bond donors (Lipinski definition) is 3. The Labute approximate surface area is 167 Å². The van der Waals surface area contributed by atoms with Crippen molar-refractivity contribution in [2.75, 3.05) is 18.9 Å². The Bertz CT molecular complexity index is 730. The predicted molar refractivity (Wildman–Crippen MR) is 110 cm³/mol. The molecule has 1 aromatic heterocycles. The van der Waals surface area contributed by atoms with Gasteiger partial charge in [0.15, 0.2) is 5.96 Å². The van der Waals surface area contributed by atoms with E-state index in [-0.39, 0.29) is 36.4 Å². The van der Waals surface area contributed by atoms with Gasteiger partial charge >= 0.3 is 0 Å². The highest BCUT2D eigenvalue weighted by atomic mass is 127. The van der Waals surface area contributed by atoms with Crippen LogP contribution in [0.5, 0.6) is 0 Å². The molecule has 9 heteroatoms. The third-order valence-electron chi connectivity index (χ3n) is 3.23. The van der Waals surface area contributed by atoms with E-state index in [1.807, 2.05) is 13.8 Å². The summed E-state index contributed by atoms with van der Waals surface area (Å²) >= 11 is 1.62. The quantitative estimate of drug-likeness (QED) is 0.352. The molecular weight excluding hydrogens is 456 g/mol. The van der Waals surface area contributed by atoms with Gasteiger partial charge in [-0.3, -0.25) is 9.79 Å². The van der Waals surface area contributed by atoms with Crippen LogP contribution < -0.4 is 16.0 Å². The van der Waals surface area contributed by atoms with Crippen LogP contribution >= 0.6 is 35.3 Å². The number of hydrogen-bond acceptors (Lipinski definition) is 4. The van der Waals surface area contributed by atoms with E-state index in [0.29, 0.717) is 18.2 Å².